The van der Waals surface area contributed by atoms with Crippen molar-refractivity contribution >= 4 is 34.9 Å². The summed E-state index contributed by atoms with van der Waals surface area (Å²) in [5, 5.41) is 29.9. The molecule has 2 aromatic heterocycles. The Hall–Kier alpha value is -4.06. The maximum Gasteiger partial charge on any atom is 0.322 e. The number of amides is 3. The van der Waals surface area contributed by atoms with Crippen LogP contribution in [0.1, 0.15) is 27.5 Å². The van der Waals surface area contributed by atoms with E-state index in [0.717, 1.165) is 0 Å². The molecular weight excluding hydrogens is 503 g/mol. The Balaban J connectivity index is 1.48. The second kappa shape index (κ2) is 8.80. The van der Waals surface area contributed by atoms with Gasteiger partial charge in [-0.05, 0) is 48.0 Å². The van der Waals surface area contributed by atoms with Crippen LogP contribution in [0.5, 0.6) is 0 Å². The fourth-order valence-electron chi connectivity index (χ4n) is 4.79. The van der Waals surface area contributed by atoms with Gasteiger partial charge in [-0.1, -0.05) is 11.6 Å². The molecule has 4 heterocycles. The first-order chi connectivity index (χ1) is 17.8. The van der Waals surface area contributed by atoms with Crippen molar-refractivity contribution in [3.05, 3.63) is 82.5 Å². The molecule has 10 nitrogen and oxygen atoms in total. The Morgan fingerprint density at radius 2 is 1.89 bits per heavy atom. The van der Waals surface area contributed by atoms with Crippen LogP contribution in [0.25, 0.3) is 16.8 Å². The average Bonchev–Trinajstić information content (AvgIpc) is 3.57. The Morgan fingerprint density at radius 1 is 1.11 bits per heavy atom. The first-order valence-electron chi connectivity index (χ1n) is 11.4. The molecule has 3 amide bonds. The molecule has 4 N–H and O–H groups in total. The Bertz CT molecular complexity index is 1570. The molecule has 3 atom stereocenters. The second-order valence-corrected chi connectivity index (χ2v) is 9.41. The zero-order valence-corrected chi connectivity index (χ0v) is 19.9. The van der Waals surface area contributed by atoms with Crippen LogP contribution in [-0.2, 0) is 0 Å². The van der Waals surface area contributed by atoms with E-state index in [-0.39, 0.29) is 18.1 Å². The van der Waals surface area contributed by atoms with Gasteiger partial charge in [0.1, 0.15) is 12.1 Å². The number of halogens is 2. The summed E-state index contributed by atoms with van der Waals surface area (Å²) in [5.74, 6) is -0.933. The standard InChI is InChI=1S/C25H20ClFN6O4/c26-17-3-2-14(27)7-15(17)23-22-16(24(36)31-23)5-13(12-1-4-21-28-11-29-33(21)8-12)6-18(22)30-25(37)32-9-19(34)20(35)10-32/h1-8,11,19-20,23,34-35H,9-10H2,(H,30,37)(H,31,36)/t19-,20+,23?. The largest absolute Gasteiger partial charge is 0.388 e. The molecule has 1 saturated heterocycles. The molecule has 2 aliphatic heterocycles. The molecule has 0 aliphatic carbocycles. The quantitative estimate of drug-likeness (QED) is 0.327. The topological polar surface area (TPSA) is 132 Å². The van der Waals surface area contributed by atoms with Crippen molar-refractivity contribution in [2.75, 3.05) is 18.4 Å². The van der Waals surface area contributed by atoms with Gasteiger partial charge in [-0.15, -0.1) is 0 Å². The van der Waals surface area contributed by atoms with Gasteiger partial charge in [-0.25, -0.2) is 18.7 Å². The lowest BCUT2D eigenvalue weighted by Gasteiger charge is -2.21. The van der Waals surface area contributed by atoms with Gasteiger partial charge in [-0.2, -0.15) is 5.10 Å². The number of aliphatic hydroxyl groups is 2. The van der Waals surface area contributed by atoms with Gasteiger partial charge < -0.3 is 25.7 Å². The number of nitrogens with zero attached hydrogens (tertiary/aromatic N) is 4. The van der Waals surface area contributed by atoms with Crippen molar-refractivity contribution in [3.8, 4) is 11.1 Å². The molecule has 0 bridgehead atoms. The van der Waals surface area contributed by atoms with Gasteiger partial charge in [0.2, 0.25) is 0 Å². The molecule has 2 aromatic carbocycles. The smallest absolute Gasteiger partial charge is 0.322 e. The van der Waals surface area contributed by atoms with E-state index in [0.29, 0.717) is 39.2 Å². The first kappa shape index (κ1) is 23.3. The van der Waals surface area contributed by atoms with E-state index in [1.165, 1.54) is 29.4 Å². The zero-order valence-electron chi connectivity index (χ0n) is 19.1. The summed E-state index contributed by atoms with van der Waals surface area (Å²) in [6, 6.07) is 9.48. The summed E-state index contributed by atoms with van der Waals surface area (Å²) in [6.45, 7) is -0.0949. The molecule has 0 saturated carbocycles. The fourth-order valence-corrected chi connectivity index (χ4v) is 5.02. The number of aromatic nitrogens is 3. The number of rotatable bonds is 3. The van der Waals surface area contributed by atoms with Gasteiger partial charge in [0.05, 0.1) is 31.3 Å². The van der Waals surface area contributed by atoms with Crippen LogP contribution in [0.2, 0.25) is 5.02 Å². The number of benzene rings is 2. The number of fused-ring (bicyclic) bond motifs is 2. The zero-order chi connectivity index (χ0) is 25.8. The van der Waals surface area contributed by atoms with E-state index >= 15 is 0 Å². The van der Waals surface area contributed by atoms with Crippen LogP contribution in [-0.4, -0.2) is 66.9 Å². The monoisotopic (exact) mass is 522 g/mol. The van der Waals surface area contributed by atoms with Crippen LogP contribution in [0, 0.1) is 5.82 Å². The molecule has 188 valence electrons. The van der Waals surface area contributed by atoms with Crippen molar-refractivity contribution in [1.29, 1.82) is 0 Å². The summed E-state index contributed by atoms with van der Waals surface area (Å²) < 4.78 is 15.7. The number of nitrogens with one attached hydrogen (secondary N) is 2. The van der Waals surface area contributed by atoms with E-state index in [9.17, 15) is 24.2 Å². The minimum absolute atomic E-state index is 0.0474. The number of carbonyl (C=O) groups is 2. The molecule has 0 spiro atoms. The molecule has 37 heavy (non-hydrogen) atoms. The van der Waals surface area contributed by atoms with Crippen molar-refractivity contribution in [2.24, 2.45) is 0 Å². The Labute approximate surface area is 214 Å². The fraction of sp³-hybridized carbons (Fsp3) is 0.200. The molecule has 1 unspecified atom stereocenters. The highest BCUT2D eigenvalue weighted by Gasteiger charge is 2.37. The molecule has 1 fully saturated rings. The number of carbonyl (C=O) groups excluding carboxylic acids is 2. The van der Waals surface area contributed by atoms with Gasteiger partial charge in [0, 0.05) is 39.2 Å². The summed E-state index contributed by atoms with van der Waals surface area (Å²) in [5.41, 5.74) is 3.33. The van der Waals surface area contributed by atoms with E-state index < -0.39 is 36.0 Å². The minimum Gasteiger partial charge on any atom is -0.388 e. The summed E-state index contributed by atoms with van der Waals surface area (Å²) in [7, 11) is 0. The molecule has 4 aromatic rings. The molecule has 12 heteroatoms. The number of likely N-dealkylation sites (tertiary alicyclic amines) is 1. The maximum atomic E-state index is 14.1. The van der Waals surface area contributed by atoms with Crippen LogP contribution < -0.4 is 10.6 Å². The van der Waals surface area contributed by atoms with Gasteiger partial charge >= 0.3 is 6.03 Å². The van der Waals surface area contributed by atoms with Crippen LogP contribution >= 0.6 is 11.6 Å². The summed E-state index contributed by atoms with van der Waals surface area (Å²) in [4.78, 5) is 31.7. The van der Waals surface area contributed by atoms with Gasteiger partial charge in [0.25, 0.3) is 5.91 Å². The number of β-amino-alcohol motifs (C(OH)–C–C–N with tert-alkyl or cyclic N) is 2. The third-order valence-corrected chi connectivity index (χ3v) is 7.00. The van der Waals surface area contributed by atoms with E-state index in [4.69, 9.17) is 11.6 Å². The minimum atomic E-state index is -1.06. The third-order valence-electron chi connectivity index (χ3n) is 6.65. The average molecular weight is 523 g/mol. The van der Waals surface area contributed by atoms with Gasteiger partial charge in [0.15, 0.2) is 5.65 Å². The predicted octanol–water partition coefficient (Wildman–Crippen LogP) is 2.59. The van der Waals surface area contributed by atoms with Crippen LogP contribution in [0.3, 0.4) is 0 Å². The highest BCUT2D eigenvalue weighted by molar-refractivity contribution is 6.31. The number of hydrogen-bond donors (Lipinski definition) is 4. The number of anilines is 1. The number of hydrogen-bond acceptors (Lipinski definition) is 6. The van der Waals surface area contributed by atoms with Crippen LogP contribution in [0.4, 0.5) is 14.9 Å². The lowest BCUT2D eigenvalue weighted by Crippen LogP contribution is -2.34. The first-order valence-corrected chi connectivity index (χ1v) is 11.8. The van der Waals surface area contributed by atoms with Crippen LogP contribution in [0.15, 0.2) is 55.0 Å². The number of aliphatic hydroxyl groups excluding tert-OH is 2. The second-order valence-electron chi connectivity index (χ2n) is 9.01. The SMILES string of the molecule is O=C1NC(c2cc(F)ccc2Cl)c2c(NC(=O)N3C[C@@H](O)[C@@H](O)C3)cc(-c3ccc4ncnn4c3)cc21. The lowest BCUT2D eigenvalue weighted by molar-refractivity contribution is 0.0572. The highest BCUT2D eigenvalue weighted by atomic mass is 35.5. The lowest BCUT2D eigenvalue weighted by atomic mass is 9.93. The third kappa shape index (κ3) is 4.06. The number of urea groups is 1. The van der Waals surface area contributed by atoms with Crippen molar-refractivity contribution in [2.45, 2.75) is 18.2 Å². The Kier molecular flexibility index (Phi) is 5.55. The summed E-state index contributed by atoms with van der Waals surface area (Å²) >= 11 is 6.37. The van der Waals surface area contributed by atoms with E-state index in [1.54, 1.807) is 28.9 Å². The summed E-state index contributed by atoms with van der Waals surface area (Å²) in [6.07, 6.45) is 1.06. The van der Waals surface area contributed by atoms with Gasteiger partial charge in [-0.3, -0.25) is 4.79 Å². The Morgan fingerprint density at radius 3 is 2.68 bits per heavy atom. The van der Waals surface area contributed by atoms with Crippen molar-refractivity contribution in [1.82, 2.24) is 24.8 Å². The van der Waals surface area contributed by atoms with Crippen molar-refractivity contribution < 1.29 is 24.2 Å². The normalized spacial score (nSPS) is 20.8. The highest BCUT2D eigenvalue weighted by Crippen LogP contribution is 2.41. The number of pyridine rings is 1. The van der Waals surface area contributed by atoms with E-state index in [1.807, 2.05) is 6.07 Å². The molecule has 2 aliphatic rings. The maximum absolute atomic E-state index is 14.1. The molecular formula is C25H20ClFN6O4. The van der Waals surface area contributed by atoms with Crippen molar-refractivity contribution in [3.63, 3.8) is 0 Å². The molecule has 6 rings (SSSR count). The van der Waals surface area contributed by atoms with E-state index in [2.05, 4.69) is 20.7 Å². The molecule has 0 radical (unpaired) electrons. The predicted molar refractivity (Wildman–Crippen MR) is 132 cm³/mol.